The number of para-hydroxylation sites is 4. The first-order valence-corrected chi connectivity index (χ1v) is 19.1. The first kappa shape index (κ1) is 36.4. The van der Waals surface area contributed by atoms with Gasteiger partial charge < -0.3 is 29.3 Å². The van der Waals surface area contributed by atoms with Gasteiger partial charge in [-0.05, 0) is 49.2 Å². The number of benzene rings is 4. The zero-order chi connectivity index (χ0) is 39.9. The number of hydrogen-bond donors (Lipinski definition) is 5. The van der Waals surface area contributed by atoms with Crippen molar-refractivity contribution >= 4 is 89.8 Å². The molecule has 2 aliphatic heterocycles. The molecule has 288 valence electrons. The fourth-order valence-corrected chi connectivity index (χ4v) is 8.00. The van der Waals surface area contributed by atoms with Crippen LogP contribution in [0.15, 0.2) is 128 Å². The monoisotopic (exact) mass is 770 g/mol. The normalized spacial score (nSPS) is 14.4. The molecule has 5 N–H and O–H groups in total. The lowest BCUT2D eigenvalue weighted by Gasteiger charge is -2.12. The lowest BCUT2D eigenvalue weighted by molar-refractivity contribution is -0.123. The SMILES string of the molecule is O=C1C=C(c2cc3ccccc3[nH]2)C(=O)N1c1cc2ccccc2[nH]1.O=C1NC(=O)C(c2cn(CCCO)c3ccccc23)=C1c1cn(CCCO)c2ccccc12. The van der Waals surface area contributed by atoms with Crippen LogP contribution < -0.4 is 10.2 Å². The number of carbonyl (C=O) groups excluding carboxylic acids is 4. The molecular formula is C46H38N6O6. The van der Waals surface area contributed by atoms with Crippen molar-refractivity contribution in [2.75, 3.05) is 18.1 Å². The fraction of sp³-hybridized carbons (Fsp3) is 0.130. The molecule has 4 aromatic heterocycles. The number of aromatic nitrogens is 4. The Balaban J connectivity index is 0.000000156. The van der Waals surface area contributed by atoms with Crippen molar-refractivity contribution in [3.05, 3.63) is 144 Å². The van der Waals surface area contributed by atoms with Crippen molar-refractivity contribution in [3.63, 3.8) is 0 Å². The van der Waals surface area contributed by atoms with Crippen LogP contribution in [0.4, 0.5) is 5.82 Å². The summed E-state index contributed by atoms with van der Waals surface area (Å²) in [7, 11) is 0. The molecule has 0 fully saturated rings. The van der Waals surface area contributed by atoms with Crippen LogP contribution >= 0.6 is 0 Å². The third-order valence-corrected chi connectivity index (χ3v) is 10.7. The second kappa shape index (κ2) is 15.0. The summed E-state index contributed by atoms with van der Waals surface area (Å²) in [5.41, 5.74) is 6.88. The van der Waals surface area contributed by atoms with Crippen molar-refractivity contribution in [2.24, 2.45) is 0 Å². The van der Waals surface area contributed by atoms with E-state index in [4.69, 9.17) is 0 Å². The highest BCUT2D eigenvalue weighted by molar-refractivity contribution is 6.51. The van der Waals surface area contributed by atoms with Crippen LogP contribution in [0.2, 0.25) is 0 Å². The molecule has 8 aromatic rings. The summed E-state index contributed by atoms with van der Waals surface area (Å²) in [4.78, 5) is 59.0. The molecule has 0 radical (unpaired) electrons. The lowest BCUT2D eigenvalue weighted by atomic mass is 9.95. The van der Waals surface area contributed by atoms with Gasteiger partial charge in [0.15, 0.2) is 0 Å². The average molecular weight is 771 g/mol. The zero-order valence-corrected chi connectivity index (χ0v) is 31.2. The highest BCUT2D eigenvalue weighted by Crippen LogP contribution is 2.39. The molecule has 0 saturated carbocycles. The van der Waals surface area contributed by atoms with Crippen LogP contribution in [0.1, 0.15) is 29.7 Å². The van der Waals surface area contributed by atoms with E-state index in [0.29, 0.717) is 65.3 Å². The molecule has 0 atom stereocenters. The van der Waals surface area contributed by atoms with Crippen LogP contribution in [0.25, 0.3) is 60.3 Å². The smallest absolute Gasteiger partial charge is 0.268 e. The van der Waals surface area contributed by atoms with Crippen LogP contribution in [-0.2, 0) is 32.3 Å². The largest absolute Gasteiger partial charge is 0.396 e. The van der Waals surface area contributed by atoms with Gasteiger partial charge in [0.1, 0.15) is 5.82 Å². The van der Waals surface area contributed by atoms with Crippen LogP contribution in [-0.4, -0.2) is 66.2 Å². The molecular weight excluding hydrogens is 733 g/mol. The summed E-state index contributed by atoms with van der Waals surface area (Å²) < 4.78 is 4.04. The van der Waals surface area contributed by atoms with E-state index in [2.05, 4.69) is 15.3 Å². The molecule has 4 aromatic carbocycles. The molecule has 0 unspecified atom stereocenters. The number of nitrogens with one attached hydrogen (secondary N) is 3. The number of carbonyl (C=O) groups is 4. The van der Waals surface area contributed by atoms with Gasteiger partial charge in [-0.15, -0.1) is 0 Å². The third kappa shape index (κ3) is 6.30. The number of aliphatic hydroxyl groups excluding tert-OH is 2. The van der Waals surface area contributed by atoms with Gasteiger partial charge in [-0.2, -0.15) is 0 Å². The van der Waals surface area contributed by atoms with Gasteiger partial charge in [0.25, 0.3) is 23.6 Å². The molecule has 10 rings (SSSR count). The van der Waals surface area contributed by atoms with E-state index in [1.165, 1.54) is 11.0 Å². The molecule has 2 aliphatic rings. The molecule has 0 saturated heterocycles. The van der Waals surface area contributed by atoms with E-state index < -0.39 is 11.8 Å². The molecule has 12 nitrogen and oxygen atoms in total. The molecule has 6 heterocycles. The number of anilines is 1. The summed E-state index contributed by atoms with van der Waals surface area (Å²) >= 11 is 0. The molecule has 0 aliphatic carbocycles. The van der Waals surface area contributed by atoms with Gasteiger partial charge in [0.2, 0.25) is 0 Å². The van der Waals surface area contributed by atoms with E-state index in [1.807, 2.05) is 131 Å². The molecule has 12 heteroatoms. The van der Waals surface area contributed by atoms with Gasteiger partial charge in [-0.25, -0.2) is 4.90 Å². The minimum absolute atomic E-state index is 0.0715. The highest BCUT2D eigenvalue weighted by atomic mass is 16.3. The molecule has 0 spiro atoms. The van der Waals surface area contributed by atoms with Gasteiger partial charge in [0, 0.05) is 99.5 Å². The van der Waals surface area contributed by atoms with Crippen molar-refractivity contribution in [3.8, 4) is 0 Å². The minimum atomic E-state index is -0.410. The highest BCUT2D eigenvalue weighted by Gasteiger charge is 2.36. The zero-order valence-electron chi connectivity index (χ0n) is 31.2. The second-order valence-corrected chi connectivity index (χ2v) is 14.2. The minimum Gasteiger partial charge on any atom is -0.396 e. The Kier molecular flexibility index (Phi) is 9.40. The lowest BCUT2D eigenvalue weighted by Crippen LogP contribution is -2.30. The van der Waals surface area contributed by atoms with Crippen molar-refractivity contribution in [1.29, 1.82) is 0 Å². The standard InChI is InChI=1S/C26H25N3O4.C20H13N3O2/c30-13-5-11-28-15-19(17-7-1-3-9-21(17)28)23-24(26(33)27-25(23)32)20-16-29(12-6-14-31)22-10-4-2-8-18(20)22;24-19-11-14(17-9-12-5-1-3-7-15(12)21-17)20(25)23(19)18-10-13-6-2-4-8-16(13)22-18/h1-4,7-10,15-16,30-31H,5-6,11-14H2,(H,27,32,33);1-11,21-22H. The second-order valence-electron chi connectivity index (χ2n) is 14.2. The Morgan fingerprint density at radius 1 is 0.569 bits per heavy atom. The number of amides is 4. The Hall–Kier alpha value is -7.28. The van der Waals surface area contributed by atoms with Gasteiger partial charge >= 0.3 is 0 Å². The predicted octanol–water partition coefficient (Wildman–Crippen LogP) is 6.53. The Bertz CT molecular complexity index is 2840. The number of H-pyrrole nitrogens is 2. The van der Waals surface area contributed by atoms with Gasteiger partial charge in [0.05, 0.1) is 22.4 Å². The van der Waals surface area contributed by atoms with Crippen LogP contribution in [0, 0.1) is 0 Å². The first-order chi connectivity index (χ1) is 28.3. The maximum absolute atomic E-state index is 13.1. The number of aliphatic hydroxyl groups is 2. The summed E-state index contributed by atoms with van der Waals surface area (Å²) in [6, 6.07) is 34.7. The third-order valence-electron chi connectivity index (χ3n) is 10.7. The van der Waals surface area contributed by atoms with E-state index >= 15 is 0 Å². The van der Waals surface area contributed by atoms with Crippen molar-refractivity contribution in [2.45, 2.75) is 25.9 Å². The predicted molar refractivity (Wildman–Crippen MR) is 224 cm³/mol. The number of aryl methyl sites for hydroxylation is 2. The summed E-state index contributed by atoms with van der Waals surface area (Å²) in [5.74, 6) is -1.01. The quantitative estimate of drug-likeness (QED) is 0.0993. The molecule has 0 bridgehead atoms. The van der Waals surface area contributed by atoms with Crippen molar-refractivity contribution in [1.82, 2.24) is 24.4 Å². The van der Waals surface area contributed by atoms with E-state index in [-0.39, 0.29) is 25.0 Å². The molecule has 58 heavy (non-hydrogen) atoms. The maximum Gasteiger partial charge on any atom is 0.268 e. The number of fused-ring (bicyclic) bond motifs is 4. The fourth-order valence-electron chi connectivity index (χ4n) is 8.00. The number of nitrogens with zero attached hydrogens (tertiary/aromatic N) is 3. The van der Waals surface area contributed by atoms with E-state index in [0.717, 1.165) is 43.6 Å². The summed E-state index contributed by atoms with van der Waals surface area (Å²) in [6.07, 6.45) is 6.37. The van der Waals surface area contributed by atoms with Crippen LogP contribution in [0.5, 0.6) is 0 Å². The Morgan fingerprint density at radius 3 is 1.60 bits per heavy atom. The Labute approximate surface area is 331 Å². The van der Waals surface area contributed by atoms with Gasteiger partial charge in [-0.3, -0.25) is 24.5 Å². The van der Waals surface area contributed by atoms with Crippen LogP contribution in [0.3, 0.4) is 0 Å². The summed E-state index contributed by atoms with van der Waals surface area (Å²) in [6.45, 7) is 1.36. The number of imide groups is 2. The molecule has 4 amide bonds. The number of aromatic amines is 2. The van der Waals surface area contributed by atoms with E-state index in [9.17, 15) is 29.4 Å². The average Bonchev–Trinajstić information content (AvgIpc) is 4.09. The number of hydrogen-bond acceptors (Lipinski definition) is 6. The maximum atomic E-state index is 13.1. The Morgan fingerprint density at radius 2 is 1.07 bits per heavy atom. The summed E-state index contributed by atoms with van der Waals surface area (Å²) in [5, 5.41) is 24.8. The van der Waals surface area contributed by atoms with E-state index in [1.54, 1.807) is 0 Å². The van der Waals surface area contributed by atoms with Crippen molar-refractivity contribution < 1.29 is 29.4 Å². The number of rotatable bonds is 10. The first-order valence-electron chi connectivity index (χ1n) is 19.1. The van der Waals surface area contributed by atoms with Gasteiger partial charge in [-0.1, -0.05) is 72.8 Å². The topological polar surface area (TPSA) is 165 Å².